The predicted octanol–water partition coefficient (Wildman–Crippen LogP) is 3.04. The van der Waals surface area contributed by atoms with Crippen LogP contribution in [0.4, 0.5) is 10.5 Å². The number of unbranched alkanes of at least 4 members (excludes halogenated alkanes) is 3. The molecule has 0 saturated heterocycles. The number of carbonyl (C=O) groups is 2. The van der Waals surface area contributed by atoms with E-state index in [4.69, 9.17) is 5.11 Å². The Balaban J connectivity index is 1.96. The molecule has 1 aliphatic rings. The summed E-state index contributed by atoms with van der Waals surface area (Å²) < 4.78 is 0. The first-order chi connectivity index (χ1) is 10.1. The Morgan fingerprint density at radius 2 is 2.10 bits per heavy atom. The van der Waals surface area contributed by atoms with Gasteiger partial charge in [-0.3, -0.25) is 4.90 Å². The predicted molar refractivity (Wildman–Crippen MR) is 82.0 cm³/mol. The van der Waals surface area contributed by atoms with Crippen LogP contribution >= 0.6 is 0 Å². The highest BCUT2D eigenvalue weighted by molar-refractivity contribution is 5.96. The summed E-state index contributed by atoms with van der Waals surface area (Å²) in [5.74, 6) is -0.968. The Bertz CT molecular complexity index is 528. The van der Waals surface area contributed by atoms with Crippen molar-refractivity contribution in [3.05, 3.63) is 29.3 Å². The first kappa shape index (κ1) is 15.4. The van der Waals surface area contributed by atoms with Gasteiger partial charge >= 0.3 is 12.0 Å². The molecule has 114 valence electrons. The van der Waals surface area contributed by atoms with Crippen LogP contribution in [0.15, 0.2) is 18.2 Å². The van der Waals surface area contributed by atoms with Crippen molar-refractivity contribution in [3.63, 3.8) is 0 Å². The number of amides is 2. The fourth-order valence-electron chi connectivity index (χ4n) is 2.57. The van der Waals surface area contributed by atoms with Gasteiger partial charge in [-0.2, -0.15) is 0 Å². The molecule has 0 radical (unpaired) electrons. The molecule has 0 bridgehead atoms. The van der Waals surface area contributed by atoms with Crippen molar-refractivity contribution in [2.45, 2.75) is 39.0 Å². The zero-order valence-electron chi connectivity index (χ0n) is 12.4. The Morgan fingerprint density at radius 3 is 2.81 bits per heavy atom. The van der Waals surface area contributed by atoms with Gasteiger partial charge in [-0.1, -0.05) is 32.3 Å². The number of hydrogen-bond donors (Lipinski definition) is 2. The van der Waals surface area contributed by atoms with E-state index in [1.165, 1.54) is 12.8 Å². The standard InChI is InChI=1S/C16H22N2O3/c1-2-3-4-5-9-17-16(21)18-10-8-12-6-7-13(15(19)20)11-14(12)18/h6-7,11H,2-5,8-10H2,1H3,(H,17,21)(H,19,20). The number of fused-ring (bicyclic) bond motifs is 1. The Hall–Kier alpha value is -2.04. The van der Waals surface area contributed by atoms with E-state index < -0.39 is 5.97 Å². The number of carboxylic acid groups (broad SMARTS) is 1. The number of nitrogens with one attached hydrogen (secondary N) is 1. The van der Waals surface area contributed by atoms with E-state index in [-0.39, 0.29) is 11.6 Å². The van der Waals surface area contributed by atoms with Crippen LogP contribution in [0.3, 0.4) is 0 Å². The first-order valence-corrected chi connectivity index (χ1v) is 7.55. The molecule has 1 aromatic rings. The molecule has 0 saturated carbocycles. The lowest BCUT2D eigenvalue weighted by molar-refractivity contribution is 0.0697. The van der Waals surface area contributed by atoms with Gasteiger partial charge < -0.3 is 10.4 Å². The van der Waals surface area contributed by atoms with Gasteiger partial charge in [0.1, 0.15) is 0 Å². The zero-order chi connectivity index (χ0) is 15.2. The number of carbonyl (C=O) groups excluding carboxylic acids is 1. The van der Waals surface area contributed by atoms with Crippen molar-refractivity contribution >= 4 is 17.7 Å². The molecule has 2 N–H and O–H groups in total. The van der Waals surface area contributed by atoms with Crippen LogP contribution in [0.5, 0.6) is 0 Å². The molecule has 0 spiro atoms. The molecule has 0 unspecified atom stereocenters. The summed E-state index contributed by atoms with van der Waals surface area (Å²) in [6, 6.07) is 4.84. The second-order valence-corrected chi connectivity index (χ2v) is 5.34. The third-order valence-electron chi connectivity index (χ3n) is 3.78. The van der Waals surface area contributed by atoms with Gasteiger partial charge in [0.15, 0.2) is 0 Å². The summed E-state index contributed by atoms with van der Waals surface area (Å²) in [6.45, 7) is 3.43. The van der Waals surface area contributed by atoms with Crippen molar-refractivity contribution in [1.29, 1.82) is 0 Å². The van der Waals surface area contributed by atoms with E-state index in [0.717, 1.165) is 30.5 Å². The van der Waals surface area contributed by atoms with Crippen LogP contribution in [0, 0.1) is 0 Å². The summed E-state index contributed by atoms with van der Waals surface area (Å²) in [6.07, 6.45) is 5.24. The Morgan fingerprint density at radius 1 is 1.29 bits per heavy atom. The lowest BCUT2D eigenvalue weighted by Gasteiger charge is -2.18. The summed E-state index contributed by atoms with van der Waals surface area (Å²) in [7, 11) is 0. The van der Waals surface area contributed by atoms with Crippen LogP contribution in [0.1, 0.15) is 48.5 Å². The molecule has 5 nitrogen and oxygen atoms in total. The van der Waals surface area contributed by atoms with Crippen molar-refractivity contribution < 1.29 is 14.7 Å². The highest BCUT2D eigenvalue weighted by atomic mass is 16.4. The normalized spacial score (nSPS) is 13.1. The maximum absolute atomic E-state index is 12.2. The van der Waals surface area contributed by atoms with Crippen LogP contribution in [0.25, 0.3) is 0 Å². The highest BCUT2D eigenvalue weighted by Gasteiger charge is 2.25. The highest BCUT2D eigenvalue weighted by Crippen LogP contribution is 2.29. The minimum atomic E-state index is -0.968. The number of hydrogen-bond acceptors (Lipinski definition) is 2. The summed E-state index contributed by atoms with van der Waals surface area (Å²) in [4.78, 5) is 24.9. The molecule has 0 fully saturated rings. The number of nitrogens with zero attached hydrogens (tertiary/aromatic N) is 1. The molecule has 1 heterocycles. The van der Waals surface area contributed by atoms with E-state index in [0.29, 0.717) is 13.1 Å². The molecule has 0 aromatic heterocycles. The maximum Gasteiger partial charge on any atom is 0.335 e. The molecular weight excluding hydrogens is 268 g/mol. The summed E-state index contributed by atoms with van der Waals surface area (Å²) >= 11 is 0. The second-order valence-electron chi connectivity index (χ2n) is 5.34. The van der Waals surface area contributed by atoms with Crippen molar-refractivity contribution in [3.8, 4) is 0 Å². The van der Waals surface area contributed by atoms with Gasteiger partial charge in [0.25, 0.3) is 0 Å². The Labute approximate surface area is 125 Å². The number of carboxylic acids is 1. The maximum atomic E-state index is 12.2. The quantitative estimate of drug-likeness (QED) is 0.791. The monoisotopic (exact) mass is 290 g/mol. The molecule has 2 amide bonds. The summed E-state index contributed by atoms with van der Waals surface area (Å²) in [5, 5.41) is 12.0. The summed E-state index contributed by atoms with van der Waals surface area (Å²) in [5.41, 5.74) is 1.97. The van der Waals surface area contributed by atoms with Crippen molar-refractivity contribution in [2.24, 2.45) is 0 Å². The molecule has 1 aromatic carbocycles. The van der Waals surface area contributed by atoms with Crippen molar-refractivity contribution in [2.75, 3.05) is 18.0 Å². The largest absolute Gasteiger partial charge is 0.478 e. The number of benzene rings is 1. The van der Waals surface area contributed by atoms with Gasteiger partial charge in [0.2, 0.25) is 0 Å². The lowest BCUT2D eigenvalue weighted by atomic mass is 10.1. The van der Waals surface area contributed by atoms with Crippen molar-refractivity contribution in [1.82, 2.24) is 5.32 Å². The van der Waals surface area contributed by atoms with Crippen LogP contribution in [0.2, 0.25) is 0 Å². The average Bonchev–Trinajstić information content (AvgIpc) is 2.89. The van der Waals surface area contributed by atoms with Gasteiger partial charge in [-0.05, 0) is 30.5 Å². The van der Waals surface area contributed by atoms with E-state index in [1.54, 1.807) is 23.1 Å². The van der Waals surface area contributed by atoms with E-state index in [1.807, 2.05) is 0 Å². The minimum Gasteiger partial charge on any atom is -0.478 e. The number of aromatic carboxylic acids is 1. The van der Waals surface area contributed by atoms with Crippen LogP contribution in [-0.4, -0.2) is 30.2 Å². The number of anilines is 1. The Kier molecular flexibility index (Phi) is 5.20. The van der Waals surface area contributed by atoms with Crippen LogP contribution in [-0.2, 0) is 6.42 Å². The SMILES string of the molecule is CCCCCCNC(=O)N1CCc2ccc(C(=O)O)cc21. The van der Waals surface area contributed by atoms with Gasteiger partial charge in [0.05, 0.1) is 5.56 Å². The minimum absolute atomic E-state index is 0.132. The van der Waals surface area contributed by atoms with Gasteiger partial charge in [-0.15, -0.1) is 0 Å². The molecule has 5 heteroatoms. The van der Waals surface area contributed by atoms with Crippen LogP contribution < -0.4 is 10.2 Å². The van der Waals surface area contributed by atoms with Gasteiger partial charge in [0, 0.05) is 18.8 Å². The molecule has 21 heavy (non-hydrogen) atoms. The third-order valence-corrected chi connectivity index (χ3v) is 3.78. The van der Waals surface area contributed by atoms with Gasteiger partial charge in [-0.25, -0.2) is 9.59 Å². The van der Waals surface area contributed by atoms with E-state index >= 15 is 0 Å². The molecule has 0 aliphatic carbocycles. The van der Waals surface area contributed by atoms with E-state index in [9.17, 15) is 9.59 Å². The molecular formula is C16H22N2O3. The fraction of sp³-hybridized carbons (Fsp3) is 0.500. The van der Waals surface area contributed by atoms with E-state index in [2.05, 4.69) is 12.2 Å². The topological polar surface area (TPSA) is 69.6 Å². The third kappa shape index (κ3) is 3.74. The number of rotatable bonds is 6. The molecule has 2 rings (SSSR count). The molecule has 0 atom stereocenters. The first-order valence-electron chi connectivity index (χ1n) is 7.55. The second kappa shape index (κ2) is 7.11. The molecule has 1 aliphatic heterocycles. The lowest BCUT2D eigenvalue weighted by Crippen LogP contribution is -2.39. The average molecular weight is 290 g/mol. The fourth-order valence-corrected chi connectivity index (χ4v) is 2.57. The smallest absolute Gasteiger partial charge is 0.335 e. The number of urea groups is 1. The zero-order valence-corrected chi connectivity index (χ0v) is 12.4.